The van der Waals surface area contributed by atoms with Gasteiger partial charge in [-0.05, 0) is 42.0 Å². The highest BCUT2D eigenvalue weighted by Gasteiger charge is 2.25. The highest BCUT2D eigenvalue weighted by atomic mass is 35.5. The SMILES string of the molecule is N#Cc1c(N=Cc2cccc(Cl)c2)oc(-c2ccco2)c1-c1ccco1. The van der Waals surface area contributed by atoms with Crippen molar-refractivity contribution < 1.29 is 13.3 Å². The first-order valence-electron chi connectivity index (χ1n) is 7.70. The van der Waals surface area contributed by atoms with E-state index >= 15 is 0 Å². The standard InChI is InChI=1S/C20H11ClN2O3/c21-14-5-1-4-13(10-14)12-23-20-15(11-22)18(16-6-2-8-24-16)19(26-20)17-7-3-9-25-17/h1-10,12H. The van der Waals surface area contributed by atoms with Crippen LogP contribution in [-0.2, 0) is 0 Å². The summed E-state index contributed by atoms with van der Waals surface area (Å²) in [4.78, 5) is 4.33. The van der Waals surface area contributed by atoms with Crippen molar-refractivity contribution in [2.75, 3.05) is 0 Å². The lowest BCUT2D eigenvalue weighted by molar-refractivity contribution is 0.527. The number of furan rings is 3. The quantitative estimate of drug-likeness (QED) is 0.412. The van der Waals surface area contributed by atoms with Gasteiger partial charge >= 0.3 is 0 Å². The second kappa shape index (κ2) is 6.79. The van der Waals surface area contributed by atoms with Crippen molar-refractivity contribution >= 4 is 23.7 Å². The largest absolute Gasteiger partial charge is 0.464 e. The van der Waals surface area contributed by atoms with Crippen molar-refractivity contribution in [2.45, 2.75) is 0 Å². The average Bonchev–Trinajstić information content (AvgIpc) is 3.39. The summed E-state index contributed by atoms with van der Waals surface area (Å²) < 4.78 is 16.8. The third-order valence-corrected chi connectivity index (χ3v) is 3.93. The molecule has 0 aliphatic rings. The fourth-order valence-electron chi connectivity index (χ4n) is 2.57. The van der Waals surface area contributed by atoms with Crippen LogP contribution < -0.4 is 0 Å². The molecule has 0 amide bonds. The van der Waals surface area contributed by atoms with Crippen LogP contribution in [0.5, 0.6) is 0 Å². The lowest BCUT2D eigenvalue weighted by Crippen LogP contribution is -1.81. The zero-order valence-corrected chi connectivity index (χ0v) is 14.1. The number of hydrogen-bond acceptors (Lipinski definition) is 5. The highest BCUT2D eigenvalue weighted by molar-refractivity contribution is 6.30. The molecule has 0 saturated heterocycles. The summed E-state index contributed by atoms with van der Waals surface area (Å²) in [5.41, 5.74) is 1.56. The lowest BCUT2D eigenvalue weighted by Gasteiger charge is -1.96. The molecule has 0 saturated carbocycles. The summed E-state index contributed by atoms with van der Waals surface area (Å²) >= 11 is 5.99. The van der Waals surface area contributed by atoms with E-state index in [9.17, 15) is 5.26 Å². The first-order valence-corrected chi connectivity index (χ1v) is 8.08. The van der Waals surface area contributed by atoms with Crippen LogP contribution in [0.15, 0.2) is 79.3 Å². The Kier molecular flexibility index (Phi) is 4.18. The molecule has 0 N–H and O–H groups in total. The van der Waals surface area contributed by atoms with Gasteiger partial charge in [-0.1, -0.05) is 23.7 Å². The van der Waals surface area contributed by atoms with E-state index in [-0.39, 0.29) is 11.4 Å². The second-order valence-electron chi connectivity index (χ2n) is 5.37. The Balaban J connectivity index is 1.86. The molecule has 0 unspecified atom stereocenters. The lowest BCUT2D eigenvalue weighted by atomic mass is 10.1. The molecule has 0 spiro atoms. The predicted octanol–water partition coefficient (Wildman–Crippen LogP) is 6.08. The summed E-state index contributed by atoms with van der Waals surface area (Å²) in [6, 6.07) is 16.3. The molecule has 0 aliphatic carbocycles. The molecule has 0 atom stereocenters. The molecule has 6 heteroatoms. The van der Waals surface area contributed by atoms with Crippen LogP contribution in [0.4, 0.5) is 5.88 Å². The van der Waals surface area contributed by atoms with Gasteiger partial charge in [0.25, 0.3) is 0 Å². The van der Waals surface area contributed by atoms with E-state index in [0.717, 1.165) is 5.56 Å². The van der Waals surface area contributed by atoms with Crippen LogP contribution in [0.3, 0.4) is 0 Å². The Morgan fingerprint density at radius 1 is 1.00 bits per heavy atom. The van der Waals surface area contributed by atoms with Gasteiger partial charge in [0, 0.05) is 11.2 Å². The molecule has 3 aromatic heterocycles. The Labute approximate surface area is 153 Å². The van der Waals surface area contributed by atoms with Crippen molar-refractivity contribution in [3.63, 3.8) is 0 Å². The zero-order valence-electron chi connectivity index (χ0n) is 13.3. The summed E-state index contributed by atoms with van der Waals surface area (Å²) in [6.07, 6.45) is 4.65. The minimum absolute atomic E-state index is 0.172. The van der Waals surface area contributed by atoms with Crippen LogP contribution in [-0.4, -0.2) is 6.21 Å². The molecule has 0 bridgehead atoms. The third kappa shape index (κ3) is 2.94. The predicted molar refractivity (Wildman–Crippen MR) is 97.5 cm³/mol. The van der Waals surface area contributed by atoms with Crippen molar-refractivity contribution in [2.24, 2.45) is 4.99 Å². The van der Waals surface area contributed by atoms with Crippen LogP contribution in [0, 0.1) is 11.3 Å². The second-order valence-corrected chi connectivity index (χ2v) is 5.80. The van der Waals surface area contributed by atoms with Crippen LogP contribution in [0.1, 0.15) is 11.1 Å². The molecule has 4 rings (SSSR count). The first kappa shape index (κ1) is 16.0. The maximum Gasteiger partial charge on any atom is 0.238 e. The fourth-order valence-corrected chi connectivity index (χ4v) is 2.77. The van der Waals surface area contributed by atoms with Gasteiger partial charge in [0.15, 0.2) is 11.5 Å². The molecule has 126 valence electrons. The van der Waals surface area contributed by atoms with Gasteiger partial charge in [-0.15, -0.1) is 0 Å². The molecule has 0 radical (unpaired) electrons. The van der Waals surface area contributed by atoms with Gasteiger partial charge in [-0.25, -0.2) is 4.99 Å². The number of halogens is 1. The Hall–Kier alpha value is -3.49. The zero-order chi connectivity index (χ0) is 17.9. The van der Waals surface area contributed by atoms with E-state index in [2.05, 4.69) is 11.1 Å². The molecule has 26 heavy (non-hydrogen) atoms. The van der Waals surface area contributed by atoms with Gasteiger partial charge in [-0.3, -0.25) is 0 Å². The van der Waals surface area contributed by atoms with E-state index in [1.165, 1.54) is 12.5 Å². The van der Waals surface area contributed by atoms with E-state index < -0.39 is 0 Å². The summed E-state index contributed by atoms with van der Waals surface area (Å²) in [5.74, 6) is 1.54. The Bertz CT molecular complexity index is 1100. The maximum atomic E-state index is 9.67. The minimum atomic E-state index is 0.172. The smallest absolute Gasteiger partial charge is 0.238 e. The molecule has 1 aromatic carbocycles. The fraction of sp³-hybridized carbons (Fsp3) is 0. The van der Waals surface area contributed by atoms with Gasteiger partial charge in [0.2, 0.25) is 5.88 Å². The summed E-state index contributed by atoms with van der Waals surface area (Å²) in [5, 5.41) is 10.3. The van der Waals surface area contributed by atoms with Gasteiger partial charge in [-0.2, -0.15) is 5.26 Å². The molecule has 3 heterocycles. The maximum absolute atomic E-state index is 9.67. The minimum Gasteiger partial charge on any atom is -0.464 e. The summed E-state index contributed by atoms with van der Waals surface area (Å²) in [6.45, 7) is 0. The number of rotatable bonds is 4. The molecular weight excluding hydrogens is 352 g/mol. The molecule has 5 nitrogen and oxygen atoms in total. The van der Waals surface area contributed by atoms with Crippen molar-refractivity contribution in [1.82, 2.24) is 0 Å². The van der Waals surface area contributed by atoms with Gasteiger partial charge in [0.05, 0.1) is 18.1 Å². The van der Waals surface area contributed by atoms with Crippen LogP contribution >= 0.6 is 11.6 Å². The average molecular weight is 363 g/mol. The molecule has 4 aromatic rings. The summed E-state index contributed by atoms with van der Waals surface area (Å²) in [7, 11) is 0. The van der Waals surface area contributed by atoms with E-state index in [1.54, 1.807) is 42.6 Å². The van der Waals surface area contributed by atoms with Gasteiger partial charge in [0.1, 0.15) is 17.4 Å². The van der Waals surface area contributed by atoms with Gasteiger partial charge < -0.3 is 13.3 Å². The number of nitriles is 1. The van der Waals surface area contributed by atoms with Crippen LogP contribution in [0.25, 0.3) is 22.8 Å². The normalized spacial score (nSPS) is 11.1. The van der Waals surface area contributed by atoms with E-state index in [1.807, 2.05) is 12.1 Å². The number of hydrogen-bond donors (Lipinski definition) is 0. The first-order chi connectivity index (χ1) is 12.8. The van der Waals surface area contributed by atoms with Crippen LogP contribution in [0.2, 0.25) is 5.02 Å². The molecule has 0 fully saturated rings. The van der Waals surface area contributed by atoms with Crippen molar-refractivity contribution in [3.8, 4) is 28.9 Å². The monoisotopic (exact) mass is 362 g/mol. The number of aliphatic imine (C=N–C) groups is 1. The van der Waals surface area contributed by atoms with Crippen molar-refractivity contribution in [3.05, 3.63) is 77.2 Å². The van der Waals surface area contributed by atoms with E-state index in [4.69, 9.17) is 24.9 Å². The number of nitrogens with zero attached hydrogens (tertiary/aromatic N) is 2. The Morgan fingerprint density at radius 3 is 2.42 bits per heavy atom. The third-order valence-electron chi connectivity index (χ3n) is 3.69. The molecule has 0 aliphatic heterocycles. The molecular formula is C20H11ClN2O3. The highest BCUT2D eigenvalue weighted by Crippen LogP contribution is 2.42. The Morgan fingerprint density at radius 2 is 1.77 bits per heavy atom. The van der Waals surface area contributed by atoms with E-state index in [0.29, 0.717) is 27.9 Å². The number of benzene rings is 1. The van der Waals surface area contributed by atoms with Crippen molar-refractivity contribution in [1.29, 1.82) is 5.26 Å². The topological polar surface area (TPSA) is 75.6 Å².